The van der Waals surface area contributed by atoms with E-state index in [9.17, 15) is 4.79 Å². The molecule has 2 aliphatic heterocycles. The number of urea groups is 1. The molecule has 5 nitrogen and oxygen atoms in total. The number of carbonyl (C=O) groups excluding carboxylic acids is 1. The first-order valence-corrected chi connectivity index (χ1v) is 9.70. The lowest BCUT2D eigenvalue weighted by atomic mass is 9.94. The van der Waals surface area contributed by atoms with E-state index in [1.807, 2.05) is 11.0 Å². The molecule has 3 rings (SSSR count). The number of amides is 2. The minimum Gasteiger partial charge on any atom is -0.396 e. The molecule has 0 spiro atoms. The summed E-state index contributed by atoms with van der Waals surface area (Å²) < 4.78 is 0. The highest BCUT2D eigenvalue weighted by molar-refractivity contribution is 5.74. The van der Waals surface area contributed by atoms with Crippen molar-refractivity contribution < 1.29 is 9.90 Å². The summed E-state index contributed by atoms with van der Waals surface area (Å²) >= 11 is 0. The van der Waals surface area contributed by atoms with Gasteiger partial charge in [0.25, 0.3) is 0 Å². The molecule has 0 aromatic heterocycles. The fraction of sp³-hybridized carbons (Fsp3) is 0.650. The zero-order chi connectivity index (χ0) is 17.5. The number of hydrogen-bond acceptors (Lipinski definition) is 3. The molecule has 2 N–H and O–H groups in total. The van der Waals surface area contributed by atoms with Gasteiger partial charge in [-0.25, -0.2) is 4.79 Å². The van der Waals surface area contributed by atoms with Gasteiger partial charge in [0.2, 0.25) is 0 Å². The maximum Gasteiger partial charge on any atom is 0.317 e. The van der Waals surface area contributed by atoms with Crippen LogP contribution in [-0.2, 0) is 0 Å². The van der Waals surface area contributed by atoms with E-state index in [1.54, 1.807) is 0 Å². The van der Waals surface area contributed by atoms with Crippen LogP contribution in [0.2, 0.25) is 0 Å². The summed E-state index contributed by atoms with van der Waals surface area (Å²) in [6.45, 7) is 4.75. The highest BCUT2D eigenvalue weighted by atomic mass is 16.3. The molecule has 138 valence electrons. The number of hydrogen-bond donors (Lipinski definition) is 2. The molecule has 0 saturated carbocycles. The number of rotatable bonds is 6. The van der Waals surface area contributed by atoms with Crippen LogP contribution >= 0.6 is 0 Å². The zero-order valence-electron chi connectivity index (χ0n) is 15.1. The maximum atomic E-state index is 12.6. The summed E-state index contributed by atoms with van der Waals surface area (Å²) in [6, 6.07) is 10.8. The highest BCUT2D eigenvalue weighted by Crippen LogP contribution is 2.25. The second-order valence-corrected chi connectivity index (χ2v) is 7.30. The number of piperidine rings is 1. The van der Waals surface area contributed by atoms with E-state index < -0.39 is 0 Å². The summed E-state index contributed by atoms with van der Waals surface area (Å²) in [4.78, 5) is 17.0. The second kappa shape index (κ2) is 9.20. The minimum atomic E-state index is 0.0579. The Morgan fingerprint density at radius 3 is 2.44 bits per heavy atom. The first-order valence-electron chi connectivity index (χ1n) is 9.70. The third-order valence-electron chi connectivity index (χ3n) is 5.65. The van der Waals surface area contributed by atoms with Crippen molar-refractivity contribution >= 4 is 6.03 Å². The van der Waals surface area contributed by atoms with Crippen LogP contribution < -0.4 is 5.32 Å². The van der Waals surface area contributed by atoms with Crippen molar-refractivity contribution in [3.8, 4) is 0 Å². The van der Waals surface area contributed by atoms with Gasteiger partial charge in [-0.15, -0.1) is 0 Å². The van der Waals surface area contributed by atoms with Gasteiger partial charge < -0.3 is 15.3 Å². The number of nitrogens with zero attached hydrogens (tertiary/aromatic N) is 2. The predicted octanol–water partition coefficient (Wildman–Crippen LogP) is 2.63. The lowest BCUT2D eigenvalue weighted by molar-refractivity contribution is 0.153. The maximum absolute atomic E-state index is 12.6. The second-order valence-electron chi connectivity index (χ2n) is 7.30. The summed E-state index contributed by atoms with van der Waals surface area (Å²) in [5.74, 6) is 0.565. The summed E-state index contributed by atoms with van der Waals surface area (Å²) in [6.07, 6.45) is 5.36. The lowest BCUT2D eigenvalue weighted by Crippen LogP contribution is -2.47. The number of likely N-dealkylation sites (tertiary alicyclic amines) is 2. The average molecular weight is 345 g/mol. The normalized spacial score (nSPS) is 20.6. The molecule has 2 aliphatic rings. The summed E-state index contributed by atoms with van der Waals surface area (Å²) in [5.41, 5.74) is 1.28. The van der Waals surface area contributed by atoms with Gasteiger partial charge in [-0.05, 0) is 56.7 Å². The largest absolute Gasteiger partial charge is 0.396 e. The van der Waals surface area contributed by atoms with Crippen LogP contribution in [0.15, 0.2) is 30.3 Å². The van der Waals surface area contributed by atoms with Crippen LogP contribution in [0.3, 0.4) is 0 Å². The Morgan fingerprint density at radius 2 is 1.80 bits per heavy atom. The first-order chi connectivity index (χ1) is 12.3. The van der Waals surface area contributed by atoms with Gasteiger partial charge in [0.05, 0.1) is 6.04 Å². The predicted molar refractivity (Wildman–Crippen MR) is 99.4 cm³/mol. The molecular formula is C20H31N3O2. The zero-order valence-corrected chi connectivity index (χ0v) is 15.1. The Labute approximate surface area is 151 Å². The van der Waals surface area contributed by atoms with Crippen molar-refractivity contribution in [3.05, 3.63) is 35.9 Å². The fourth-order valence-corrected chi connectivity index (χ4v) is 4.09. The molecule has 2 fully saturated rings. The Kier molecular flexibility index (Phi) is 6.70. The lowest BCUT2D eigenvalue weighted by Gasteiger charge is -2.33. The number of aliphatic hydroxyl groups is 1. The molecule has 1 aromatic rings. The van der Waals surface area contributed by atoms with Crippen molar-refractivity contribution in [1.82, 2.24) is 15.1 Å². The molecule has 0 radical (unpaired) electrons. The van der Waals surface area contributed by atoms with Crippen LogP contribution in [0.1, 0.15) is 43.7 Å². The number of carbonyl (C=O) groups is 1. The number of benzene rings is 1. The first kappa shape index (κ1) is 18.2. The number of nitrogens with one attached hydrogen (secondary N) is 1. The Balaban J connectivity index is 1.53. The van der Waals surface area contributed by atoms with E-state index in [2.05, 4.69) is 34.5 Å². The van der Waals surface area contributed by atoms with Crippen molar-refractivity contribution in [2.75, 3.05) is 39.3 Å². The standard InChI is InChI=1S/C20H31N3O2/c24-15-10-17-8-13-23(14-9-17)20(25)21-16-19(22-11-4-5-12-22)18-6-2-1-3-7-18/h1-3,6-7,17,19,24H,4-5,8-16H2,(H,21,25). The summed E-state index contributed by atoms with van der Waals surface area (Å²) in [5, 5.41) is 12.2. The Hall–Kier alpha value is -1.59. The molecule has 1 atom stereocenters. The average Bonchev–Trinajstić information content (AvgIpc) is 3.18. The van der Waals surface area contributed by atoms with Crippen molar-refractivity contribution in [2.45, 2.75) is 38.1 Å². The fourth-order valence-electron chi connectivity index (χ4n) is 4.09. The summed E-state index contributed by atoms with van der Waals surface area (Å²) in [7, 11) is 0. The topological polar surface area (TPSA) is 55.8 Å². The van der Waals surface area contributed by atoms with E-state index >= 15 is 0 Å². The molecule has 0 aliphatic carbocycles. The van der Waals surface area contributed by atoms with E-state index in [-0.39, 0.29) is 18.7 Å². The molecule has 1 unspecified atom stereocenters. The van der Waals surface area contributed by atoms with Crippen molar-refractivity contribution in [3.63, 3.8) is 0 Å². The molecular weight excluding hydrogens is 314 g/mol. The van der Waals surface area contributed by atoms with Crippen molar-refractivity contribution in [1.29, 1.82) is 0 Å². The van der Waals surface area contributed by atoms with Gasteiger partial charge in [0.15, 0.2) is 0 Å². The third kappa shape index (κ3) is 4.95. The third-order valence-corrected chi connectivity index (χ3v) is 5.65. The van der Waals surface area contributed by atoms with Gasteiger partial charge in [-0.3, -0.25) is 4.90 Å². The van der Waals surface area contributed by atoms with E-state index in [0.29, 0.717) is 12.5 Å². The van der Waals surface area contributed by atoms with Crippen molar-refractivity contribution in [2.24, 2.45) is 5.92 Å². The quantitative estimate of drug-likeness (QED) is 0.833. The van der Waals surface area contributed by atoms with Gasteiger partial charge in [0, 0.05) is 26.2 Å². The van der Waals surface area contributed by atoms with Gasteiger partial charge in [0.1, 0.15) is 0 Å². The smallest absolute Gasteiger partial charge is 0.317 e. The van der Waals surface area contributed by atoms with Crippen LogP contribution in [0.25, 0.3) is 0 Å². The molecule has 2 saturated heterocycles. The van der Waals surface area contributed by atoms with E-state index in [0.717, 1.165) is 45.4 Å². The monoisotopic (exact) mass is 345 g/mol. The van der Waals surface area contributed by atoms with E-state index in [1.165, 1.54) is 18.4 Å². The van der Waals surface area contributed by atoms with E-state index in [4.69, 9.17) is 5.11 Å². The Bertz CT molecular complexity index is 523. The molecule has 1 aromatic carbocycles. The molecule has 5 heteroatoms. The minimum absolute atomic E-state index is 0.0579. The van der Waals surface area contributed by atoms with Crippen LogP contribution in [-0.4, -0.2) is 60.3 Å². The molecule has 0 bridgehead atoms. The highest BCUT2D eigenvalue weighted by Gasteiger charge is 2.26. The van der Waals surface area contributed by atoms with Gasteiger partial charge >= 0.3 is 6.03 Å². The van der Waals surface area contributed by atoms with Gasteiger partial charge in [-0.1, -0.05) is 30.3 Å². The van der Waals surface area contributed by atoms with Crippen LogP contribution in [0.5, 0.6) is 0 Å². The van der Waals surface area contributed by atoms with Gasteiger partial charge in [-0.2, -0.15) is 0 Å². The SMILES string of the molecule is O=C(NCC(c1ccccc1)N1CCCC1)N1CCC(CCO)CC1. The number of aliphatic hydroxyl groups excluding tert-OH is 1. The van der Waals surface area contributed by atoms with Crippen LogP contribution in [0, 0.1) is 5.92 Å². The Morgan fingerprint density at radius 1 is 1.12 bits per heavy atom. The molecule has 2 heterocycles. The molecule has 25 heavy (non-hydrogen) atoms. The molecule has 2 amide bonds. The van der Waals surface area contributed by atoms with Crippen LogP contribution in [0.4, 0.5) is 4.79 Å².